The van der Waals surface area contributed by atoms with Crippen molar-refractivity contribution in [3.63, 3.8) is 0 Å². The molecule has 1 heterocycles. The minimum atomic E-state index is -0.722. The molecule has 1 atom stereocenters. The molecule has 1 amide bonds. The van der Waals surface area contributed by atoms with Crippen LogP contribution in [0.15, 0.2) is 72.3 Å². The van der Waals surface area contributed by atoms with Gasteiger partial charge in [0.2, 0.25) is 0 Å². The number of benzene rings is 3. The maximum Gasteiger partial charge on any atom is 0.300 e. The lowest BCUT2D eigenvalue weighted by Gasteiger charge is -2.28. The van der Waals surface area contributed by atoms with E-state index in [2.05, 4.69) is 20.8 Å². The summed E-state index contributed by atoms with van der Waals surface area (Å²) in [6.45, 7) is 12.1. The third-order valence-corrected chi connectivity index (χ3v) is 6.66. The number of aliphatic hydroxyl groups is 1. The summed E-state index contributed by atoms with van der Waals surface area (Å²) in [5, 5.41) is 11.6. The fourth-order valence-electron chi connectivity index (χ4n) is 4.59. The largest absolute Gasteiger partial charge is 0.507 e. The van der Waals surface area contributed by atoms with E-state index < -0.39 is 17.7 Å². The summed E-state index contributed by atoms with van der Waals surface area (Å²) in [4.78, 5) is 28.5. The number of para-hydroxylation sites is 1. The van der Waals surface area contributed by atoms with Crippen LogP contribution < -0.4 is 4.90 Å². The Kier molecular flexibility index (Phi) is 5.94. The van der Waals surface area contributed by atoms with Crippen molar-refractivity contribution >= 4 is 23.1 Å². The summed E-state index contributed by atoms with van der Waals surface area (Å²) in [6, 6.07) is 20.4. The summed E-state index contributed by atoms with van der Waals surface area (Å²) in [6.07, 6.45) is 0. The molecule has 0 radical (unpaired) electrons. The number of ketones is 1. The van der Waals surface area contributed by atoms with E-state index in [0.717, 1.165) is 27.8 Å². The summed E-state index contributed by atoms with van der Waals surface area (Å²) in [5.41, 5.74) is 5.76. The molecule has 3 aromatic rings. The van der Waals surface area contributed by atoms with Crippen molar-refractivity contribution in [3.8, 4) is 0 Å². The van der Waals surface area contributed by atoms with Gasteiger partial charge in [-0.05, 0) is 66.1 Å². The lowest BCUT2D eigenvalue weighted by atomic mass is 9.84. The van der Waals surface area contributed by atoms with Crippen molar-refractivity contribution in [2.45, 2.75) is 53.0 Å². The van der Waals surface area contributed by atoms with Crippen molar-refractivity contribution in [1.82, 2.24) is 0 Å². The van der Waals surface area contributed by atoms with Crippen LogP contribution in [0.2, 0.25) is 0 Å². The summed E-state index contributed by atoms with van der Waals surface area (Å²) in [7, 11) is 0. The molecular weight excluding hydrogens is 422 g/mol. The van der Waals surface area contributed by atoms with Gasteiger partial charge in [0.05, 0.1) is 11.6 Å². The van der Waals surface area contributed by atoms with Gasteiger partial charge in [0.1, 0.15) is 5.76 Å². The van der Waals surface area contributed by atoms with Crippen LogP contribution >= 0.6 is 0 Å². The SMILES string of the molecule is Cc1ccc(C(C)(C)C)cc1/C(O)=C1\C(=O)C(=O)N(c2ccccc2C)C1c1ccccc1C. The molecule has 174 valence electrons. The Morgan fingerprint density at radius 2 is 1.44 bits per heavy atom. The topological polar surface area (TPSA) is 57.6 Å². The van der Waals surface area contributed by atoms with E-state index in [1.165, 1.54) is 4.90 Å². The molecule has 0 spiro atoms. The molecule has 4 rings (SSSR count). The summed E-state index contributed by atoms with van der Waals surface area (Å²) < 4.78 is 0. The Bertz CT molecular complexity index is 1330. The van der Waals surface area contributed by atoms with Crippen molar-refractivity contribution in [2.75, 3.05) is 4.90 Å². The summed E-state index contributed by atoms with van der Waals surface area (Å²) >= 11 is 0. The first kappa shape index (κ1) is 23.5. The van der Waals surface area contributed by atoms with Crippen LogP contribution in [0.4, 0.5) is 5.69 Å². The lowest BCUT2D eigenvalue weighted by Crippen LogP contribution is -2.30. The number of anilines is 1. The Morgan fingerprint density at radius 3 is 2.06 bits per heavy atom. The van der Waals surface area contributed by atoms with E-state index in [1.807, 2.05) is 87.5 Å². The van der Waals surface area contributed by atoms with Gasteiger partial charge in [0.25, 0.3) is 11.7 Å². The Balaban J connectivity index is 2.02. The number of rotatable bonds is 3. The fraction of sp³-hybridized carbons (Fsp3) is 0.267. The van der Waals surface area contributed by atoms with Gasteiger partial charge in [-0.15, -0.1) is 0 Å². The molecule has 4 heteroatoms. The maximum atomic E-state index is 13.5. The number of hydrogen-bond acceptors (Lipinski definition) is 3. The predicted octanol–water partition coefficient (Wildman–Crippen LogP) is 6.54. The van der Waals surface area contributed by atoms with Crippen molar-refractivity contribution in [2.24, 2.45) is 0 Å². The van der Waals surface area contributed by atoms with E-state index in [4.69, 9.17) is 0 Å². The second-order valence-corrected chi connectivity index (χ2v) is 10.1. The van der Waals surface area contributed by atoms with Crippen LogP contribution in [-0.4, -0.2) is 16.8 Å². The monoisotopic (exact) mass is 453 g/mol. The number of carbonyl (C=O) groups excluding carboxylic acids is 2. The van der Waals surface area contributed by atoms with E-state index >= 15 is 0 Å². The first-order valence-electron chi connectivity index (χ1n) is 11.6. The average molecular weight is 454 g/mol. The molecule has 0 bridgehead atoms. The Labute approximate surface area is 201 Å². The standard InChI is InChI=1S/C30H31NO3/c1-18-11-7-9-13-22(18)26-25(27(32)23-17-21(30(4,5)6)16-15-19(23)2)28(33)29(34)31(26)24-14-10-8-12-20(24)3/h7-17,26,32H,1-6H3/b27-25+. The van der Waals surface area contributed by atoms with Gasteiger partial charge < -0.3 is 5.11 Å². The molecule has 0 aliphatic carbocycles. The number of nitrogens with zero attached hydrogens (tertiary/aromatic N) is 1. The molecule has 0 aromatic heterocycles. The van der Waals surface area contributed by atoms with Crippen molar-refractivity contribution in [1.29, 1.82) is 0 Å². The molecule has 34 heavy (non-hydrogen) atoms. The minimum Gasteiger partial charge on any atom is -0.507 e. The van der Waals surface area contributed by atoms with E-state index in [-0.39, 0.29) is 16.7 Å². The molecule has 3 aromatic carbocycles. The fourth-order valence-corrected chi connectivity index (χ4v) is 4.59. The Morgan fingerprint density at radius 1 is 0.824 bits per heavy atom. The number of carbonyl (C=O) groups is 2. The predicted molar refractivity (Wildman–Crippen MR) is 137 cm³/mol. The van der Waals surface area contributed by atoms with Crippen molar-refractivity contribution < 1.29 is 14.7 Å². The van der Waals surface area contributed by atoms with Gasteiger partial charge in [-0.2, -0.15) is 0 Å². The molecule has 1 aliphatic heterocycles. The van der Waals surface area contributed by atoms with Gasteiger partial charge in [-0.3, -0.25) is 14.5 Å². The van der Waals surface area contributed by atoms with Crippen LogP contribution in [0.1, 0.15) is 60.2 Å². The smallest absolute Gasteiger partial charge is 0.300 e. The highest BCUT2D eigenvalue weighted by atomic mass is 16.3. The van der Waals surface area contributed by atoms with Gasteiger partial charge in [0.15, 0.2) is 0 Å². The number of aryl methyl sites for hydroxylation is 3. The zero-order valence-corrected chi connectivity index (χ0v) is 20.6. The quantitative estimate of drug-likeness (QED) is 0.278. The molecular formula is C30H31NO3. The normalized spacial score (nSPS) is 17.9. The first-order chi connectivity index (χ1) is 16.0. The molecule has 0 saturated carbocycles. The van der Waals surface area contributed by atoms with Crippen LogP contribution in [0.5, 0.6) is 0 Å². The molecule has 1 saturated heterocycles. The van der Waals surface area contributed by atoms with E-state index in [0.29, 0.717) is 11.3 Å². The molecule has 1 unspecified atom stereocenters. The van der Waals surface area contributed by atoms with E-state index in [9.17, 15) is 14.7 Å². The highest BCUT2D eigenvalue weighted by Crippen LogP contribution is 2.44. The van der Waals surface area contributed by atoms with Crippen LogP contribution in [0, 0.1) is 20.8 Å². The number of Topliss-reactive ketones (excluding diaryl/α,β-unsaturated/α-hetero) is 1. The number of hydrogen-bond donors (Lipinski definition) is 1. The zero-order valence-electron chi connectivity index (χ0n) is 20.6. The van der Waals surface area contributed by atoms with Crippen LogP contribution in [-0.2, 0) is 15.0 Å². The van der Waals surface area contributed by atoms with Crippen LogP contribution in [0.25, 0.3) is 5.76 Å². The maximum absolute atomic E-state index is 13.5. The van der Waals surface area contributed by atoms with Gasteiger partial charge >= 0.3 is 0 Å². The minimum absolute atomic E-state index is 0.122. The third kappa shape index (κ3) is 3.94. The number of amides is 1. The summed E-state index contributed by atoms with van der Waals surface area (Å²) in [5.74, 6) is -1.44. The molecule has 1 N–H and O–H groups in total. The molecule has 1 fully saturated rings. The highest BCUT2D eigenvalue weighted by Gasteiger charge is 2.47. The zero-order chi connectivity index (χ0) is 24.8. The molecule has 1 aliphatic rings. The first-order valence-corrected chi connectivity index (χ1v) is 11.6. The second kappa shape index (κ2) is 8.60. The van der Waals surface area contributed by atoms with E-state index in [1.54, 1.807) is 0 Å². The highest BCUT2D eigenvalue weighted by molar-refractivity contribution is 6.51. The second-order valence-electron chi connectivity index (χ2n) is 10.1. The van der Waals surface area contributed by atoms with Crippen LogP contribution in [0.3, 0.4) is 0 Å². The van der Waals surface area contributed by atoms with Crippen molar-refractivity contribution in [3.05, 3.63) is 106 Å². The average Bonchev–Trinajstić information content (AvgIpc) is 3.04. The lowest BCUT2D eigenvalue weighted by molar-refractivity contribution is -0.132. The molecule has 4 nitrogen and oxygen atoms in total. The van der Waals surface area contributed by atoms with Gasteiger partial charge in [-0.1, -0.05) is 75.4 Å². The van der Waals surface area contributed by atoms with Gasteiger partial charge in [0, 0.05) is 11.3 Å². The van der Waals surface area contributed by atoms with Gasteiger partial charge in [-0.25, -0.2) is 0 Å². The third-order valence-electron chi connectivity index (χ3n) is 6.66. The number of aliphatic hydroxyl groups excluding tert-OH is 1. The Hall–Kier alpha value is -3.66.